The fourth-order valence-corrected chi connectivity index (χ4v) is 10.4. The van der Waals surface area contributed by atoms with Crippen molar-refractivity contribution in [3.8, 4) is 0 Å². The molecule has 0 N–H and O–H groups in total. The maximum atomic E-state index is 13.2. The molecule has 3 aliphatic carbocycles. The van der Waals surface area contributed by atoms with Gasteiger partial charge in [0.15, 0.2) is 0 Å². The minimum absolute atomic E-state index is 0.00113. The van der Waals surface area contributed by atoms with Crippen molar-refractivity contribution in [2.24, 2.45) is 17.8 Å². The minimum Gasteiger partial charge on any atom is -0.456 e. The lowest BCUT2D eigenvalue weighted by Gasteiger charge is -2.47. The predicted octanol–water partition coefficient (Wildman–Crippen LogP) is 7.26. The largest absolute Gasteiger partial charge is 0.456 e. The van der Waals surface area contributed by atoms with Crippen molar-refractivity contribution >= 4 is 17.9 Å². The highest BCUT2D eigenvalue weighted by molar-refractivity contribution is 5.87. The van der Waals surface area contributed by atoms with E-state index in [1.165, 1.54) is 12.2 Å². The molecule has 6 rings (SSSR count). The molecule has 9 atom stereocenters. The van der Waals surface area contributed by atoms with Gasteiger partial charge in [0.05, 0.1) is 31.0 Å². The van der Waals surface area contributed by atoms with Crippen LogP contribution in [-0.4, -0.2) is 72.3 Å². The molecule has 272 valence electrons. The van der Waals surface area contributed by atoms with Crippen LogP contribution in [0.2, 0.25) is 0 Å². The third-order valence-electron chi connectivity index (χ3n) is 12.9. The van der Waals surface area contributed by atoms with E-state index in [4.69, 9.17) is 28.4 Å². The Bertz CT molecular complexity index is 1250. The first-order chi connectivity index (χ1) is 23.6. The molecule has 9 unspecified atom stereocenters. The van der Waals surface area contributed by atoms with E-state index in [0.29, 0.717) is 25.2 Å². The Morgan fingerprint density at radius 2 is 1.18 bits per heavy atom. The number of hydrogen-bond donors (Lipinski definition) is 0. The Kier molecular flexibility index (Phi) is 11.4. The van der Waals surface area contributed by atoms with Crippen molar-refractivity contribution in [3.63, 3.8) is 0 Å². The van der Waals surface area contributed by atoms with E-state index in [9.17, 15) is 14.4 Å². The summed E-state index contributed by atoms with van der Waals surface area (Å²) in [6, 6.07) is 0. The molecule has 0 radical (unpaired) electrons. The Morgan fingerprint density at radius 3 is 1.73 bits per heavy atom. The van der Waals surface area contributed by atoms with Crippen molar-refractivity contribution in [2.75, 3.05) is 13.2 Å². The van der Waals surface area contributed by atoms with E-state index >= 15 is 0 Å². The average molecular weight is 683 g/mol. The topological polar surface area (TPSA) is 107 Å². The molecule has 0 amide bonds. The van der Waals surface area contributed by atoms with Gasteiger partial charge >= 0.3 is 17.9 Å². The summed E-state index contributed by atoms with van der Waals surface area (Å²) in [7, 11) is 0. The van der Waals surface area contributed by atoms with E-state index in [-0.39, 0.29) is 60.1 Å². The molecule has 0 aromatic rings. The highest BCUT2D eigenvalue weighted by Crippen LogP contribution is 2.52. The lowest BCUT2D eigenvalue weighted by Crippen LogP contribution is -2.52. The van der Waals surface area contributed by atoms with Crippen LogP contribution in [0.3, 0.4) is 0 Å². The van der Waals surface area contributed by atoms with Gasteiger partial charge in [0.1, 0.15) is 16.8 Å². The predicted molar refractivity (Wildman–Crippen MR) is 183 cm³/mol. The molecular weight excluding hydrogens is 624 g/mol. The zero-order valence-corrected chi connectivity index (χ0v) is 29.6. The molecule has 3 saturated carbocycles. The van der Waals surface area contributed by atoms with Gasteiger partial charge in [-0.1, -0.05) is 26.2 Å². The Balaban J connectivity index is 1.17. The van der Waals surface area contributed by atoms with Gasteiger partial charge in [0.2, 0.25) is 0 Å². The zero-order chi connectivity index (χ0) is 34.6. The molecule has 9 nitrogen and oxygen atoms in total. The molecular formula is C40H58O9. The first-order valence-electron chi connectivity index (χ1n) is 19.1. The van der Waals surface area contributed by atoms with Crippen LogP contribution in [0.5, 0.6) is 0 Å². The lowest BCUT2D eigenvalue weighted by molar-refractivity contribution is -0.198. The Morgan fingerprint density at radius 1 is 0.653 bits per heavy atom. The molecule has 6 fully saturated rings. The van der Waals surface area contributed by atoms with Gasteiger partial charge in [-0.05, 0) is 128 Å². The molecule has 3 heterocycles. The van der Waals surface area contributed by atoms with Gasteiger partial charge in [-0.3, -0.25) is 0 Å². The molecule has 0 aromatic heterocycles. The van der Waals surface area contributed by atoms with Gasteiger partial charge in [0.25, 0.3) is 0 Å². The van der Waals surface area contributed by atoms with Crippen molar-refractivity contribution in [1.82, 2.24) is 0 Å². The highest BCUT2D eigenvalue weighted by atomic mass is 16.6. The summed E-state index contributed by atoms with van der Waals surface area (Å²) >= 11 is 0. The number of hydrogen-bond acceptors (Lipinski definition) is 9. The number of carbonyl (C=O) groups is 3. The monoisotopic (exact) mass is 682 g/mol. The second kappa shape index (κ2) is 15.4. The van der Waals surface area contributed by atoms with Crippen molar-refractivity contribution in [2.45, 2.75) is 164 Å². The summed E-state index contributed by atoms with van der Waals surface area (Å²) in [5.74, 6) is -0.532. The number of esters is 3. The van der Waals surface area contributed by atoms with Gasteiger partial charge < -0.3 is 28.4 Å². The number of ether oxygens (including phenoxy) is 6. The van der Waals surface area contributed by atoms with Crippen LogP contribution in [-0.2, 0) is 42.8 Å². The van der Waals surface area contributed by atoms with E-state index < -0.39 is 16.8 Å². The normalized spacial score (nSPS) is 39.1. The summed E-state index contributed by atoms with van der Waals surface area (Å²) in [6.45, 7) is 14.2. The maximum absolute atomic E-state index is 13.2. The van der Waals surface area contributed by atoms with Gasteiger partial charge in [-0.15, -0.1) is 0 Å². The van der Waals surface area contributed by atoms with Crippen LogP contribution in [0, 0.1) is 17.8 Å². The third kappa shape index (κ3) is 7.74. The summed E-state index contributed by atoms with van der Waals surface area (Å²) in [5, 5.41) is 0. The van der Waals surface area contributed by atoms with Crippen LogP contribution in [0.4, 0.5) is 0 Å². The SMILES string of the molecule is C=CC(=O)OC1(C2CCOC2)CCCC(C2CCC(C3(OC(=O)C(=C)C)CCCC(C4CCC(C5(OC(=O)C=C)CCCCC5)O4)C3)O2)C1. The van der Waals surface area contributed by atoms with Crippen LogP contribution < -0.4 is 0 Å². The van der Waals surface area contributed by atoms with E-state index in [0.717, 1.165) is 109 Å². The summed E-state index contributed by atoms with van der Waals surface area (Å²) in [5.41, 5.74) is -1.56. The molecule has 49 heavy (non-hydrogen) atoms. The first kappa shape index (κ1) is 36.3. The van der Waals surface area contributed by atoms with Crippen LogP contribution >= 0.6 is 0 Å². The Hall–Kier alpha value is -2.49. The zero-order valence-electron chi connectivity index (χ0n) is 29.6. The van der Waals surface area contributed by atoms with Crippen molar-refractivity contribution < 1.29 is 42.8 Å². The van der Waals surface area contributed by atoms with Crippen molar-refractivity contribution in [3.05, 3.63) is 37.5 Å². The van der Waals surface area contributed by atoms with Crippen LogP contribution in [0.1, 0.15) is 122 Å². The van der Waals surface area contributed by atoms with E-state index in [1.54, 1.807) is 6.92 Å². The quantitative estimate of drug-likeness (QED) is 0.127. The standard InChI is InChI=1S/C40H58O9/c1-5-35(41)47-38(19-8-7-9-20-38)33-16-14-32(45-33)29-13-11-22-40(25-29,49-37(43)27(3)4)34-17-15-31(46-34)28-12-10-21-39(24-28,48-36(42)6-2)30-18-23-44-26-30/h5-6,28-34H,1-3,7-26H2,4H3. The summed E-state index contributed by atoms with van der Waals surface area (Å²) in [6.07, 6.45) is 18.1. The van der Waals surface area contributed by atoms with Crippen molar-refractivity contribution in [1.29, 1.82) is 0 Å². The third-order valence-corrected chi connectivity index (χ3v) is 12.9. The van der Waals surface area contributed by atoms with Gasteiger partial charge in [-0.25, -0.2) is 14.4 Å². The fraction of sp³-hybridized carbons (Fsp3) is 0.775. The second-order valence-corrected chi connectivity index (χ2v) is 15.9. The first-order valence-corrected chi connectivity index (χ1v) is 19.1. The van der Waals surface area contributed by atoms with E-state index in [2.05, 4.69) is 19.7 Å². The Labute approximate surface area is 292 Å². The summed E-state index contributed by atoms with van der Waals surface area (Å²) < 4.78 is 38.3. The molecule has 0 bridgehead atoms. The molecule has 0 spiro atoms. The molecule has 3 aliphatic heterocycles. The van der Waals surface area contributed by atoms with Gasteiger partial charge in [-0.2, -0.15) is 0 Å². The second-order valence-electron chi connectivity index (χ2n) is 15.9. The smallest absolute Gasteiger partial charge is 0.333 e. The van der Waals surface area contributed by atoms with Gasteiger partial charge in [0, 0.05) is 30.2 Å². The van der Waals surface area contributed by atoms with Crippen LogP contribution in [0.15, 0.2) is 37.5 Å². The van der Waals surface area contributed by atoms with Crippen LogP contribution in [0.25, 0.3) is 0 Å². The molecule has 6 aliphatic rings. The fourth-order valence-electron chi connectivity index (χ4n) is 10.4. The lowest BCUT2D eigenvalue weighted by atomic mass is 9.69. The number of carbonyl (C=O) groups excluding carboxylic acids is 3. The van der Waals surface area contributed by atoms with E-state index in [1.807, 2.05) is 0 Å². The highest BCUT2D eigenvalue weighted by Gasteiger charge is 2.56. The summed E-state index contributed by atoms with van der Waals surface area (Å²) in [4.78, 5) is 38.2. The minimum atomic E-state index is -0.771. The average Bonchev–Trinajstić information content (AvgIpc) is 3.92. The molecule has 9 heteroatoms. The number of rotatable bonds is 11. The molecule has 0 aromatic carbocycles. The maximum Gasteiger partial charge on any atom is 0.333 e. The molecule has 3 saturated heterocycles.